The Morgan fingerprint density at radius 2 is 1.62 bits per heavy atom. The van der Waals surface area contributed by atoms with Crippen LogP contribution in [0.25, 0.3) is 0 Å². The molecule has 0 aromatic carbocycles. The Morgan fingerprint density at radius 1 is 0.818 bits per heavy atom. The van der Waals surface area contributed by atoms with Crippen molar-refractivity contribution >= 4 is 17.6 Å². The van der Waals surface area contributed by atoms with Crippen molar-refractivity contribution in [2.45, 2.75) is 138 Å². The largest absolute Gasteiger partial charge is 0.374 e. The third-order valence-electron chi connectivity index (χ3n) is 15.3. The van der Waals surface area contributed by atoms with E-state index in [4.69, 9.17) is 9.47 Å². The Morgan fingerprint density at radius 3 is 2.45 bits per heavy atom. The highest BCUT2D eigenvalue weighted by Crippen LogP contribution is 2.53. The van der Waals surface area contributed by atoms with Crippen molar-refractivity contribution in [3.8, 4) is 0 Å². The topological polar surface area (TPSA) is 110 Å². The summed E-state index contributed by atoms with van der Waals surface area (Å²) in [6.45, 7) is 9.78. The molecule has 8 fully saturated rings. The SMILES string of the molecule is CN1CCN(CCCNC(=O)C2=CN3C4CC5OC6CCCCC6C5CC4OC4C(N5CC[C@@H](NC(=O)CCN6CCCCC6)C5)C(F)CC(C2=O)C43)CC1. The van der Waals surface area contributed by atoms with E-state index < -0.39 is 24.2 Å². The number of hydrogen-bond donors (Lipinski definition) is 2. The fraction of sp³-hybridized carbons (Fsp3) is 0.881. The number of halogens is 1. The second-order valence-electron chi connectivity index (χ2n) is 18.7. The highest BCUT2D eigenvalue weighted by Gasteiger charge is 2.62. The summed E-state index contributed by atoms with van der Waals surface area (Å²) in [6, 6.07) is -0.899. The molecule has 0 aromatic rings. The number of piperazine rings is 1. The Balaban J connectivity index is 0.907. The monoisotopic (exact) mass is 768 g/mol. The van der Waals surface area contributed by atoms with Crippen molar-refractivity contribution in [2.75, 3.05) is 79.0 Å². The predicted molar refractivity (Wildman–Crippen MR) is 206 cm³/mol. The molecule has 3 aliphatic carbocycles. The molecule has 12 nitrogen and oxygen atoms in total. The Kier molecular flexibility index (Phi) is 11.6. The number of likely N-dealkylation sites (N-methyl/N-ethyl adjacent to an activating group) is 1. The standard InChI is InChI=1S/C42H66FN7O5/c1-46-18-20-48(21-19-46)15-7-12-44-42(53)31-26-50-33-24-35-29(28-8-3-4-9-34(28)54-35)23-36(33)55-41-38(50)30(40(31)52)22-32(43)39(41)49-17-10-27(25-49)45-37(51)11-16-47-13-5-2-6-14-47/h26-30,32-36,38-39,41H,2-25H2,1H3,(H,44,53)(H,45,51)/t27-,28?,29?,30?,32?,33?,34?,35?,36?,38?,39?,41?/m1/s1. The van der Waals surface area contributed by atoms with Gasteiger partial charge in [-0.3, -0.25) is 19.3 Å². The van der Waals surface area contributed by atoms with Crippen molar-refractivity contribution in [2.24, 2.45) is 17.8 Å². The molecule has 12 atom stereocenters. The van der Waals surface area contributed by atoms with Gasteiger partial charge in [0.05, 0.1) is 48.1 Å². The second kappa shape index (κ2) is 16.6. The van der Waals surface area contributed by atoms with Gasteiger partial charge in [-0.1, -0.05) is 19.3 Å². The molecular weight excluding hydrogens is 702 g/mol. The van der Waals surface area contributed by atoms with Crippen LogP contribution < -0.4 is 10.6 Å². The van der Waals surface area contributed by atoms with Crippen molar-refractivity contribution < 1.29 is 28.2 Å². The van der Waals surface area contributed by atoms with Gasteiger partial charge in [-0.15, -0.1) is 0 Å². The minimum absolute atomic E-state index is 0.0272. The molecule has 6 aliphatic heterocycles. The van der Waals surface area contributed by atoms with Gasteiger partial charge in [-0.05, 0) is 96.3 Å². The number of nitrogens with zero attached hydrogens (tertiary/aromatic N) is 5. The molecule has 0 radical (unpaired) electrons. The maximum absolute atomic E-state index is 16.9. The van der Waals surface area contributed by atoms with Crippen molar-refractivity contribution in [3.63, 3.8) is 0 Å². The number of amides is 2. The fourth-order valence-electron chi connectivity index (χ4n) is 12.4. The highest BCUT2D eigenvalue weighted by atomic mass is 19.1. The molecule has 13 heteroatoms. The number of likely N-dealkylation sites (tertiary alicyclic amines) is 2. The van der Waals surface area contributed by atoms with Crippen LogP contribution in [-0.4, -0.2) is 176 Å². The first-order valence-corrected chi connectivity index (χ1v) is 22.2. The molecule has 2 N–H and O–H groups in total. The highest BCUT2D eigenvalue weighted by molar-refractivity contribution is 6.20. The zero-order valence-electron chi connectivity index (χ0n) is 33.1. The van der Waals surface area contributed by atoms with E-state index in [2.05, 4.69) is 42.2 Å². The molecule has 11 unspecified atom stereocenters. The summed E-state index contributed by atoms with van der Waals surface area (Å²) in [5.74, 6) is -0.181. The summed E-state index contributed by atoms with van der Waals surface area (Å²) >= 11 is 0. The molecule has 9 rings (SSSR count). The first-order chi connectivity index (χ1) is 26.8. The Labute approximate surface area is 327 Å². The van der Waals surface area contributed by atoms with E-state index in [-0.39, 0.29) is 59.9 Å². The molecule has 9 aliphatic rings. The molecule has 3 saturated carbocycles. The molecule has 0 bridgehead atoms. The van der Waals surface area contributed by atoms with E-state index in [9.17, 15) is 14.4 Å². The number of hydrogen-bond acceptors (Lipinski definition) is 10. The molecule has 0 spiro atoms. The predicted octanol–water partition coefficient (Wildman–Crippen LogP) is 2.17. The normalized spacial score (nSPS) is 41.2. The number of ether oxygens (including phenoxy) is 2. The minimum atomic E-state index is -1.28. The second-order valence-corrected chi connectivity index (χ2v) is 18.7. The van der Waals surface area contributed by atoms with Crippen LogP contribution in [0.15, 0.2) is 11.8 Å². The van der Waals surface area contributed by atoms with E-state index in [1.54, 1.807) is 0 Å². The number of nitrogens with one attached hydrogen (secondary N) is 2. The lowest BCUT2D eigenvalue weighted by molar-refractivity contribution is -0.220. The van der Waals surface area contributed by atoms with Gasteiger partial charge < -0.3 is 39.7 Å². The van der Waals surface area contributed by atoms with Crippen molar-refractivity contribution in [1.82, 2.24) is 35.1 Å². The summed E-state index contributed by atoms with van der Waals surface area (Å²) in [5, 5.41) is 6.34. The molecule has 5 saturated heterocycles. The third-order valence-corrected chi connectivity index (χ3v) is 15.3. The number of ketones is 1. The molecular formula is C42H66FN7O5. The van der Waals surface area contributed by atoms with Crippen LogP contribution in [-0.2, 0) is 23.9 Å². The summed E-state index contributed by atoms with van der Waals surface area (Å²) < 4.78 is 30.8. The zero-order chi connectivity index (χ0) is 37.6. The average molecular weight is 768 g/mol. The van der Waals surface area contributed by atoms with Crippen LogP contribution in [0.1, 0.15) is 83.5 Å². The lowest BCUT2D eigenvalue weighted by Crippen LogP contribution is -2.73. The van der Waals surface area contributed by atoms with Gasteiger partial charge in [0.1, 0.15) is 6.17 Å². The number of alkyl halides is 1. The number of carbonyl (C=O) groups is 3. The smallest absolute Gasteiger partial charge is 0.256 e. The fourth-order valence-corrected chi connectivity index (χ4v) is 12.4. The van der Waals surface area contributed by atoms with Crippen LogP contribution in [0.3, 0.4) is 0 Å². The van der Waals surface area contributed by atoms with Gasteiger partial charge in [-0.25, -0.2) is 4.39 Å². The van der Waals surface area contributed by atoms with E-state index in [1.165, 1.54) is 38.5 Å². The summed E-state index contributed by atoms with van der Waals surface area (Å²) in [7, 11) is 2.15. The molecule has 0 aromatic heterocycles. The van der Waals surface area contributed by atoms with E-state index in [0.717, 1.165) is 84.5 Å². The summed E-state index contributed by atoms with van der Waals surface area (Å²) in [4.78, 5) is 52.8. The first kappa shape index (κ1) is 38.4. The van der Waals surface area contributed by atoms with Gasteiger partial charge in [0.15, 0.2) is 5.78 Å². The van der Waals surface area contributed by atoms with Crippen LogP contribution in [0.2, 0.25) is 0 Å². The van der Waals surface area contributed by atoms with Crippen molar-refractivity contribution in [1.29, 1.82) is 0 Å². The van der Waals surface area contributed by atoms with Gasteiger partial charge in [0.25, 0.3) is 5.91 Å². The number of piperidine rings is 1. The lowest BCUT2D eigenvalue weighted by Gasteiger charge is -2.61. The summed E-state index contributed by atoms with van der Waals surface area (Å²) in [6.07, 6.45) is 12.7. The molecule has 306 valence electrons. The number of morpholine rings is 1. The van der Waals surface area contributed by atoms with E-state index in [1.807, 2.05) is 6.20 Å². The maximum atomic E-state index is 16.9. The van der Waals surface area contributed by atoms with Crippen LogP contribution in [0, 0.1) is 17.8 Å². The third kappa shape index (κ3) is 7.88. The van der Waals surface area contributed by atoms with E-state index in [0.29, 0.717) is 44.0 Å². The zero-order valence-corrected chi connectivity index (χ0v) is 33.1. The minimum Gasteiger partial charge on any atom is -0.374 e. The van der Waals surface area contributed by atoms with Gasteiger partial charge in [0.2, 0.25) is 5.91 Å². The van der Waals surface area contributed by atoms with Crippen LogP contribution >= 0.6 is 0 Å². The number of carbonyl (C=O) groups excluding carboxylic acids is 3. The van der Waals surface area contributed by atoms with Gasteiger partial charge in [0, 0.05) is 76.9 Å². The van der Waals surface area contributed by atoms with Gasteiger partial charge in [-0.2, -0.15) is 0 Å². The van der Waals surface area contributed by atoms with Crippen molar-refractivity contribution in [3.05, 3.63) is 11.8 Å². The number of Topliss-reactive ketones (excluding diaryl/α,β-unsaturated/α-hetero) is 1. The van der Waals surface area contributed by atoms with E-state index >= 15 is 4.39 Å². The molecule has 55 heavy (non-hydrogen) atoms. The van der Waals surface area contributed by atoms with Crippen LogP contribution in [0.4, 0.5) is 4.39 Å². The number of rotatable bonds is 10. The lowest BCUT2D eigenvalue weighted by atomic mass is 9.67. The quantitative estimate of drug-likeness (QED) is 0.254. The Bertz CT molecular complexity index is 1440. The Hall–Kier alpha value is -2.16. The average Bonchev–Trinajstić information content (AvgIpc) is 3.80. The summed E-state index contributed by atoms with van der Waals surface area (Å²) in [5.41, 5.74) is 0.169. The van der Waals surface area contributed by atoms with Crippen LogP contribution in [0.5, 0.6) is 0 Å². The molecule has 6 heterocycles. The van der Waals surface area contributed by atoms with Gasteiger partial charge >= 0.3 is 0 Å². The number of fused-ring (bicyclic) bond motifs is 5. The first-order valence-electron chi connectivity index (χ1n) is 22.2. The molecule has 2 amide bonds. The maximum Gasteiger partial charge on any atom is 0.256 e.